The van der Waals surface area contributed by atoms with Gasteiger partial charge in [-0.3, -0.25) is 9.59 Å². The van der Waals surface area contributed by atoms with E-state index in [1.807, 2.05) is 24.3 Å². The average molecular weight is 288 g/mol. The summed E-state index contributed by atoms with van der Waals surface area (Å²) in [6.45, 7) is 7.71. The molecule has 4 heteroatoms. The van der Waals surface area contributed by atoms with E-state index in [1.54, 1.807) is 4.90 Å². The van der Waals surface area contributed by atoms with E-state index in [-0.39, 0.29) is 0 Å². The Bertz CT molecular complexity index is 508. The predicted molar refractivity (Wildman–Crippen MR) is 84.1 cm³/mol. The minimum absolute atomic E-state index is 0.422. The van der Waals surface area contributed by atoms with Crippen LogP contribution in [0.4, 0.5) is 5.69 Å². The van der Waals surface area contributed by atoms with Crippen molar-refractivity contribution in [2.24, 2.45) is 5.92 Å². The van der Waals surface area contributed by atoms with E-state index in [0.29, 0.717) is 30.6 Å². The van der Waals surface area contributed by atoms with Crippen molar-refractivity contribution in [1.29, 1.82) is 0 Å². The SMILES string of the molecule is CC1CCCN(C(=O)C(=O)Nc2ccc(C(C)C)cc2)C1. The number of anilines is 1. The maximum Gasteiger partial charge on any atom is 0.313 e. The molecular weight excluding hydrogens is 264 g/mol. The van der Waals surface area contributed by atoms with Gasteiger partial charge in [0.25, 0.3) is 0 Å². The smallest absolute Gasteiger partial charge is 0.313 e. The van der Waals surface area contributed by atoms with E-state index in [4.69, 9.17) is 0 Å². The van der Waals surface area contributed by atoms with Crippen LogP contribution in [0.5, 0.6) is 0 Å². The van der Waals surface area contributed by atoms with E-state index in [9.17, 15) is 9.59 Å². The minimum atomic E-state index is -0.540. The number of rotatable bonds is 2. The van der Waals surface area contributed by atoms with E-state index in [0.717, 1.165) is 12.8 Å². The summed E-state index contributed by atoms with van der Waals surface area (Å²) in [5, 5.41) is 2.69. The van der Waals surface area contributed by atoms with Crippen molar-refractivity contribution in [3.8, 4) is 0 Å². The largest absolute Gasteiger partial charge is 0.334 e. The number of nitrogens with zero attached hydrogens (tertiary/aromatic N) is 1. The minimum Gasteiger partial charge on any atom is -0.334 e. The fourth-order valence-corrected chi connectivity index (χ4v) is 2.65. The van der Waals surface area contributed by atoms with E-state index in [2.05, 4.69) is 26.1 Å². The number of nitrogens with one attached hydrogen (secondary N) is 1. The van der Waals surface area contributed by atoms with Crippen molar-refractivity contribution in [2.45, 2.75) is 39.5 Å². The van der Waals surface area contributed by atoms with E-state index >= 15 is 0 Å². The molecule has 0 bridgehead atoms. The molecule has 1 aliphatic heterocycles. The zero-order valence-corrected chi connectivity index (χ0v) is 13.1. The van der Waals surface area contributed by atoms with Gasteiger partial charge in [0, 0.05) is 18.8 Å². The lowest BCUT2D eigenvalue weighted by atomic mass is 10.0. The van der Waals surface area contributed by atoms with E-state index in [1.165, 1.54) is 5.56 Å². The molecule has 1 aliphatic rings. The highest BCUT2D eigenvalue weighted by Gasteiger charge is 2.26. The summed E-state index contributed by atoms with van der Waals surface area (Å²) in [6, 6.07) is 7.65. The number of hydrogen-bond acceptors (Lipinski definition) is 2. The molecule has 2 rings (SSSR count). The fourth-order valence-electron chi connectivity index (χ4n) is 2.65. The Hall–Kier alpha value is -1.84. The van der Waals surface area contributed by atoms with Gasteiger partial charge >= 0.3 is 11.8 Å². The molecule has 1 unspecified atom stereocenters. The molecule has 21 heavy (non-hydrogen) atoms. The van der Waals surface area contributed by atoms with Gasteiger partial charge in [-0.15, -0.1) is 0 Å². The Morgan fingerprint density at radius 2 is 1.90 bits per heavy atom. The molecular formula is C17H24N2O2. The highest BCUT2D eigenvalue weighted by molar-refractivity contribution is 6.39. The third-order valence-corrected chi connectivity index (χ3v) is 3.97. The number of carbonyl (C=O) groups excluding carboxylic acids is 2. The first kappa shape index (κ1) is 15.5. The number of benzene rings is 1. The Morgan fingerprint density at radius 1 is 1.24 bits per heavy atom. The summed E-state index contributed by atoms with van der Waals surface area (Å²) in [4.78, 5) is 25.8. The molecule has 0 radical (unpaired) electrons. The number of hydrogen-bond donors (Lipinski definition) is 1. The molecule has 0 aliphatic carbocycles. The first-order valence-electron chi connectivity index (χ1n) is 7.67. The predicted octanol–water partition coefficient (Wildman–Crippen LogP) is 3.01. The molecule has 0 saturated carbocycles. The zero-order chi connectivity index (χ0) is 15.4. The molecule has 1 atom stereocenters. The highest BCUT2D eigenvalue weighted by Crippen LogP contribution is 2.18. The van der Waals surface area contributed by atoms with Crippen LogP contribution in [0.2, 0.25) is 0 Å². The lowest BCUT2D eigenvalue weighted by Gasteiger charge is -2.30. The zero-order valence-electron chi connectivity index (χ0n) is 13.1. The van der Waals surface area contributed by atoms with Crippen molar-refractivity contribution in [1.82, 2.24) is 4.90 Å². The van der Waals surface area contributed by atoms with Gasteiger partial charge in [0.1, 0.15) is 0 Å². The van der Waals surface area contributed by atoms with Gasteiger partial charge in [0.2, 0.25) is 0 Å². The van der Waals surface area contributed by atoms with Crippen LogP contribution >= 0.6 is 0 Å². The van der Waals surface area contributed by atoms with Crippen LogP contribution in [0, 0.1) is 5.92 Å². The molecule has 2 amide bonds. The second kappa shape index (κ2) is 6.74. The molecule has 1 heterocycles. The van der Waals surface area contributed by atoms with Gasteiger partial charge in [-0.25, -0.2) is 0 Å². The second-order valence-corrected chi connectivity index (χ2v) is 6.23. The topological polar surface area (TPSA) is 49.4 Å². The summed E-state index contributed by atoms with van der Waals surface area (Å²) < 4.78 is 0. The quantitative estimate of drug-likeness (QED) is 0.850. The second-order valence-electron chi connectivity index (χ2n) is 6.23. The van der Waals surface area contributed by atoms with Gasteiger partial charge in [0.05, 0.1) is 0 Å². The van der Waals surface area contributed by atoms with Crippen LogP contribution in [-0.4, -0.2) is 29.8 Å². The number of piperidine rings is 1. The van der Waals surface area contributed by atoms with Gasteiger partial charge in [0.15, 0.2) is 0 Å². The maximum atomic E-state index is 12.1. The first-order valence-corrected chi connectivity index (χ1v) is 7.67. The van der Waals surface area contributed by atoms with Gasteiger partial charge in [-0.2, -0.15) is 0 Å². The third-order valence-electron chi connectivity index (χ3n) is 3.97. The van der Waals surface area contributed by atoms with Gasteiger partial charge < -0.3 is 10.2 Å². The van der Waals surface area contributed by atoms with Crippen LogP contribution in [-0.2, 0) is 9.59 Å². The van der Waals surface area contributed by atoms with Crippen molar-refractivity contribution >= 4 is 17.5 Å². The Morgan fingerprint density at radius 3 is 2.48 bits per heavy atom. The Labute approximate surface area is 126 Å². The first-order chi connectivity index (χ1) is 9.97. The molecule has 1 fully saturated rings. The third kappa shape index (κ3) is 4.06. The molecule has 1 aromatic carbocycles. The maximum absolute atomic E-state index is 12.1. The molecule has 0 aromatic heterocycles. The number of likely N-dealkylation sites (tertiary alicyclic amines) is 1. The fraction of sp³-hybridized carbons (Fsp3) is 0.529. The van der Waals surface area contributed by atoms with Gasteiger partial charge in [-0.05, 0) is 42.4 Å². The summed E-state index contributed by atoms with van der Waals surface area (Å²) in [7, 11) is 0. The molecule has 1 aromatic rings. The Balaban J connectivity index is 1.95. The van der Waals surface area contributed by atoms with Crippen LogP contribution < -0.4 is 5.32 Å². The molecule has 4 nitrogen and oxygen atoms in total. The van der Waals surface area contributed by atoms with Crippen molar-refractivity contribution < 1.29 is 9.59 Å². The van der Waals surface area contributed by atoms with Gasteiger partial charge in [-0.1, -0.05) is 32.9 Å². The Kier molecular flexibility index (Phi) is 4.99. The molecule has 0 spiro atoms. The normalized spacial score (nSPS) is 18.7. The van der Waals surface area contributed by atoms with Crippen LogP contribution in [0.3, 0.4) is 0 Å². The monoisotopic (exact) mass is 288 g/mol. The number of amides is 2. The van der Waals surface area contributed by atoms with Crippen LogP contribution in [0.1, 0.15) is 45.1 Å². The summed E-state index contributed by atoms with van der Waals surface area (Å²) in [6.07, 6.45) is 2.10. The highest BCUT2D eigenvalue weighted by atomic mass is 16.2. The van der Waals surface area contributed by atoms with Crippen molar-refractivity contribution in [3.63, 3.8) is 0 Å². The number of carbonyl (C=O) groups is 2. The molecule has 1 saturated heterocycles. The molecule has 1 N–H and O–H groups in total. The summed E-state index contributed by atoms with van der Waals surface area (Å²) in [5.41, 5.74) is 1.88. The summed E-state index contributed by atoms with van der Waals surface area (Å²) in [5.74, 6) is -0.0390. The van der Waals surface area contributed by atoms with E-state index < -0.39 is 11.8 Å². The summed E-state index contributed by atoms with van der Waals surface area (Å²) >= 11 is 0. The van der Waals surface area contributed by atoms with Crippen LogP contribution in [0.15, 0.2) is 24.3 Å². The lowest BCUT2D eigenvalue weighted by Crippen LogP contribution is -2.44. The van der Waals surface area contributed by atoms with Crippen molar-refractivity contribution in [3.05, 3.63) is 29.8 Å². The molecule has 114 valence electrons. The standard InChI is InChI=1S/C17H24N2O2/c1-12(2)14-6-8-15(9-7-14)18-16(20)17(21)19-10-4-5-13(3)11-19/h6-9,12-13H,4-5,10-11H2,1-3H3,(H,18,20). The lowest BCUT2D eigenvalue weighted by molar-refractivity contribution is -0.144. The van der Waals surface area contributed by atoms with Crippen LogP contribution in [0.25, 0.3) is 0 Å². The van der Waals surface area contributed by atoms with Crippen molar-refractivity contribution in [2.75, 3.05) is 18.4 Å². The average Bonchev–Trinajstić information content (AvgIpc) is 2.47.